The zero-order valence-corrected chi connectivity index (χ0v) is 15.7. The molecule has 2 aromatic rings. The van der Waals surface area contributed by atoms with Crippen LogP contribution in [0.15, 0.2) is 10.6 Å². The number of hydrogen-bond donors (Lipinski definition) is 1. The average Bonchev–Trinajstić information content (AvgIpc) is 2.99. The first-order chi connectivity index (χ1) is 11.6. The second kappa shape index (κ2) is 5.86. The third kappa shape index (κ3) is 3.01. The number of aromatic nitrogens is 2. The number of nitrogens with one attached hydrogen (secondary N) is 1. The molecule has 1 aliphatic rings. The van der Waals surface area contributed by atoms with Gasteiger partial charge < -0.3 is 9.73 Å². The molecule has 0 aromatic carbocycles. The Morgan fingerprint density at radius 2 is 2.04 bits per heavy atom. The molecule has 1 aliphatic carbocycles. The molecule has 1 amide bonds. The summed E-state index contributed by atoms with van der Waals surface area (Å²) in [5.74, 6) is 0.634. The molecule has 1 atom stereocenters. The normalized spacial score (nSPS) is 17.3. The lowest BCUT2D eigenvalue weighted by atomic mass is 9.76. The highest BCUT2D eigenvalue weighted by molar-refractivity contribution is 6.03. The standard InChI is InChI=1S/C19H25N3O3/c1-10-16-14(23)7-19(4,5)8-15(16)25-17(10)18(24)21-11(2)13-9-20-22(6)12(13)3/h9,11H,7-8H2,1-6H3,(H,21,24)/t11-/m0/s1. The highest BCUT2D eigenvalue weighted by atomic mass is 16.4. The van der Waals surface area contributed by atoms with Crippen molar-refractivity contribution in [3.63, 3.8) is 0 Å². The van der Waals surface area contributed by atoms with E-state index >= 15 is 0 Å². The van der Waals surface area contributed by atoms with Gasteiger partial charge in [-0.05, 0) is 26.2 Å². The van der Waals surface area contributed by atoms with Crippen LogP contribution in [0.4, 0.5) is 0 Å². The monoisotopic (exact) mass is 343 g/mol. The second-order valence-electron chi connectivity index (χ2n) is 7.80. The number of ketones is 1. The van der Waals surface area contributed by atoms with Crippen molar-refractivity contribution in [3.8, 4) is 0 Å². The number of Topliss-reactive ketones (excluding diaryl/α,β-unsaturated/α-hetero) is 1. The molecule has 25 heavy (non-hydrogen) atoms. The van der Waals surface area contributed by atoms with Crippen molar-refractivity contribution in [1.29, 1.82) is 0 Å². The summed E-state index contributed by atoms with van der Waals surface area (Å²) < 4.78 is 7.60. The minimum atomic E-state index is -0.298. The molecule has 0 saturated carbocycles. The Morgan fingerprint density at radius 3 is 2.64 bits per heavy atom. The van der Waals surface area contributed by atoms with Gasteiger partial charge in [-0.2, -0.15) is 5.10 Å². The third-order valence-corrected chi connectivity index (χ3v) is 5.07. The van der Waals surface area contributed by atoms with Gasteiger partial charge >= 0.3 is 0 Å². The maximum absolute atomic E-state index is 12.7. The molecule has 2 aromatic heterocycles. The summed E-state index contributed by atoms with van der Waals surface area (Å²) in [5, 5.41) is 7.17. The third-order valence-electron chi connectivity index (χ3n) is 5.07. The van der Waals surface area contributed by atoms with Gasteiger partial charge in [-0.3, -0.25) is 14.3 Å². The second-order valence-corrected chi connectivity index (χ2v) is 7.80. The van der Waals surface area contributed by atoms with E-state index in [2.05, 4.69) is 10.4 Å². The minimum Gasteiger partial charge on any atom is -0.455 e. The fourth-order valence-corrected chi connectivity index (χ4v) is 3.58. The van der Waals surface area contributed by atoms with Crippen molar-refractivity contribution in [1.82, 2.24) is 15.1 Å². The van der Waals surface area contributed by atoms with Gasteiger partial charge in [0.2, 0.25) is 0 Å². The van der Waals surface area contributed by atoms with E-state index in [0.717, 1.165) is 11.3 Å². The summed E-state index contributed by atoms with van der Waals surface area (Å²) in [6, 6.07) is -0.199. The lowest BCUT2D eigenvalue weighted by Gasteiger charge is -2.27. The Kier molecular flexibility index (Phi) is 4.09. The minimum absolute atomic E-state index is 0.0581. The highest BCUT2D eigenvalue weighted by Gasteiger charge is 2.37. The first-order valence-electron chi connectivity index (χ1n) is 8.55. The number of rotatable bonds is 3. The lowest BCUT2D eigenvalue weighted by molar-refractivity contribution is 0.0883. The maximum atomic E-state index is 12.7. The number of amides is 1. The largest absolute Gasteiger partial charge is 0.455 e. The van der Waals surface area contributed by atoms with Gasteiger partial charge in [0.05, 0.1) is 17.8 Å². The molecule has 0 saturated heterocycles. The molecule has 134 valence electrons. The molecule has 0 fully saturated rings. The van der Waals surface area contributed by atoms with Crippen LogP contribution in [0.2, 0.25) is 0 Å². The summed E-state index contributed by atoms with van der Waals surface area (Å²) in [7, 11) is 1.87. The quantitative estimate of drug-likeness (QED) is 0.928. The van der Waals surface area contributed by atoms with E-state index in [0.29, 0.717) is 29.7 Å². The lowest BCUT2D eigenvalue weighted by Crippen LogP contribution is -2.27. The molecular weight excluding hydrogens is 318 g/mol. The van der Waals surface area contributed by atoms with Crippen molar-refractivity contribution in [2.45, 2.75) is 53.5 Å². The van der Waals surface area contributed by atoms with Crippen molar-refractivity contribution in [3.05, 3.63) is 40.1 Å². The van der Waals surface area contributed by atoms with Crippen molar-refractivity contribution in [2.75, 3.05) is 0 Å². The zero-order valence-electron chi connectivity index (χ0n) is 15.7. The first-order valence-corrected chi connectivity index (χ1v) is 8.55. The van der Waals surface area contributed by atoms with E-state index in [1.807, 2.05) is 34.7 Å². The van der Waals surface area contributed by atoms with Crippen LogP contribution in [-0.4, -0.2) is 21.5 Å². The van der Waals surface area contributed by atoms with E-state index in [4.69, 9.17) is 4.42 Å². The molecule has 0 radical (unpaired) electrons. The molecule has 2 heterocycles. The number of fused-ring (bicyclic) bond motifs is 1. The van der Waals surface area contributed by atoms with E-state index in [1.165, 1.54) is 0 Å². The Hall–Kier alpha value is -2.37. The van der Waals surface area contributed by atoms with Crippen molar-refractivity contribution in [2.24, 2.45) is 12.5 Å². The van der Waals surface area contributed by atoms with Crippen LogP contribution in [-0.2, 0) is 13.5 Å². The smallest absolute Gasteiger partial charge is 0.287 e. The fourth-order valence-electron chi connectivity index (χ4n) is 3.58. The van der Waals surface area contributed by atoms with Crippen LogP contribution in [0, 0.1) is 19.3 Å². The Balaban J connectivity index is 1.87. The highest BCUT2D eigenvalue weighted by Crippen LogP contribution is 2.38. The van der Waals surface area contributed by atoms with E-state index in [9.17, 15) is 9.59 Å². The zero-order chi connectivity index (χ0) is 18.5. The molecule has 0 unspecified atom stereocenters. The number of furan rings is 1. The van der Waals surface area contributed by atoms with Crippen LogP contribution in [0.3, 0.4) is 0 Å². The predicted molar refractivity (Wildman–Crippen MR) is 93.7 cm³/mol. The van der Waals surface area contributed by atoms with Crippen molar-refractivity contribution < 1.29 is 14.0 Å². The number of nitrogens with zero attached hydrogens (tertiary/aromatic N) is 2. The Labute approximate surface area is 147 Å². The van der Waals surface area contributed by atoms with Gasteiger partial charge in [0.1, 0.15) is 5.76 Å². The summed E-state index contributed by atoms with van der Waals surface area (Å²) in [5.41, 5.74) is 3.06. The first kappa shape index (κ1) is 17.5. The average molecular weight is 343 g/mol. The van der Waals surface area contributed by atoms with Crippen LogP contribution in [0.25, 0.3) is 0 Å². The van der Waals surface area contributed by atoms with E-state index in [1.54, 1.807) is 17.8 Å². The number of carbonyl (C=O) groups is 2. The number of aryl methyl sites for hydroxylation is 1. The Bertz CT molecular complexity index is 858. The molecule has 6 heteroatoms. The molecular formula is C19H25N3O3. The van der Waals surface area contributed by atoms with Gasteiger partial charge in [0.25, 0.3) is 5.91 Å². The van der Waals surface area contributed by atoms with Gasteiger partial charge in [-0.25, -0.2) is 0 Å². The molecule has 1 N–H and O–H groups in total. The SMILES string of the molecule is Cc1c(C(=O)N[C@@H](C)c2cnn(C)c2C)oc2c1C(=O)CC(C)(C)C2. The van der Waals surface area contributed by atoms with E-state index in [-0.39, 0.29) is 28.9 Å². The summed E-state index contributed by atoms with van der Waals surface area (Å²) in [4.78, 5) is 25.2. The van der Waals surface area contributed by atoms with E-state index < -0.39 is 0 Å². The number of hydrogen-bond acceptors (Lipinski definition) is 4. The van der Waals surface area contributed by atoms with Gasteiger partial charge in [0.15, 0.2) is 11.5 Å². The summed E-state index contributed by atoms with van der Waals surface area (Å²) >= 11 is 0. The fraction of sp³-hybridized carbons (Fsp3) is 0.526. The molecule has 0 spiro atoms. The molecule has 0 aliphatic heterocycles. The van der Waals surface area contributed by atoms with Crippen LogP contribution >= 0.6 is 0 Å². The van der Waals surface area contributed by atoms with Crippen LogP contribution < -0.4 is 5.32 Å². The van der Waals surface area contributed by atoms with Crippen molar-refractivity contribution >= 4 is 11.7 Å². The van der Waals surface area contributed by atoms with Crippen LogP contribution in [0.5, 0.6) is 0 Å². The summed E-state index contributed by atoms with van der Waals surface area (Å²) in [6.07, 6.45) is 2.90. The van der Waals surface area contributed by atoms with Gasteiger partial charge in [0, 0.05) is 36.7 Å². The van der Waals surface area contributed by atoms with Crippen LogP contribution in [0.1, 0.15) is 76.7 Å². The number of carbonyl (C=O) groups excluding carboxylic acids is 2. The van der Waals surface area contributed by atoms with Gasteiger partial charge in [-0.15, -0.1) is 0 Å². The molecule has 0 bridgehead atoms. The maximum Gasteiger partial charge on any atom is 0.287 e. The predicted octanol–water partition coefficient (Wildman–Crippen LogP) is 3.28. The topological polar surface area (TPSA) is 77.1 Å². The molecule has 6 nitrogen and oxygen atoms in total. The molecule has 3 rings (SSSR count). The summed E-state index contributed by atoms with van der Waals surface area (Å²) in [6.45, 7) is 9.74. The van der Waals surface area contributed by atoms with Gasteiger partial charge in [-0.1, -0.05) is 13.8 Å². The Morgan fingerprint density at radius 1 is 1.36 bits per heavy atom.